The molecule has 0 bridgehead atoms. The van der Waals surface area contributed by atoms with Crippen molar-refractivity contribution in [2.75, 3.05) is 19.6 Å². The number of para-hydroxylation sites is 1. The topological polar surface area (TPSA) is 85.5 Å². The average molecular weight is 473 g/mol. The molecule has 3 heterocycles. The third-order valence-electron chi connectivity index (χ3n) is 7.37. The van der Waals surface area contributed by atoms with Gasteiger partial charge in [0.15, 0.2) is 0 Å². The number of carbonyl (C=O) groups is 3. The van der Waals surface area contributed by atoms with E-state index in [1.165, 1.54) is 18.1 Å². The van der Waals surface area contributed by atoms with Crippen molar-refractivity contribution in [3.8, 4) is 0 Å². The number of nitrogens with one attached hydrogen (secondary N) is 2. The van der Waals surface area contributed by atoms with Gasteiger partial charge >= 0.3 is 0 Å². The lowest BCUT2D eigenvalue weighted by molar-refractivity contribution is -0.142. The Labute approximate surface area is 205 Å². The van der Waals surface area contributed by atoms with Crippen molar-refractivity contribution < 1.29 is 14.4 Å². The van der Waals surface area contributed by atoms with Gasteiger partial charge in [-0.15, -0.1) is 0 Å². The van der Waals surface area contributed by atoms with Gasteiger partial charge in [-0.05, 0) is 42.0 Å². The number of rotatable bonds is 5. The molecule has 5 rings (SSSR count). The van der Waals surface area contributed by atoms with Crippen LogP contribution in [0.25, 0.3) is 10.9 Å². The first-order valence-corrected chi connectivity index (χ1v) is 12.5. The van der Waals surface area contributed by atoms with Crippen LogP contribution in [0.2, 0.25) is 0 Å². The van der Waals surface area contributed by atoms with E-state index in [0.717, 1.165) is 29.4 Å². The second kappa shape index (κ2) is 9.94. The Bertz CT molecular complexity index is 1240. The predicted octanol–water partition coefficient (Wildman–Crippen LogP) is 3.04. The molecule has 2 aliphatic rings. The molecule has 3 amide bonds. The summed E-state index contributed by atoms with van der Waals surface area (Å²) < 4.78 is 0. The quantitative estimate of drug-likeness (QED) is 0.599. The van der Waals surface area contributed by atoms with E-state index in [1.807, 2.05) is 46.3 Å². The minimum atomic E-state index is -0.627. The van der Waals surface area contributed by atoms with Crippen LogP contribution < -0.4 is 5.32 Å². The molecule has 1 atom stereocenters. The zero-order valence-corrected chi connectivity index (χ0v) is 20.1. The summed E-state index contributed by atoms with van der Waals surface area (Å²) in [6.07, 6.45) is 4.54. The number of aromatic nitrogens is 1. The number of likely N-dealkylation sites (tertiary alicyclic amines) is 1. The molecule has 35 heavy (non-hydrogen) atoms. The number of nitrogens with zero attached hydrogens (tertiary/aromatic N) is 2. The van der Waals surface area contributed by atoms with Crippen LogP contribution in [0, 0.1) is 5.92 Å². The van der Waals surface area contributed by atoms with Gasteiger partial charge in [-0.3, -0.25) is 14.4 Å². The molecule has 1 aromatic heterocycles. The van der Waals surface area contributed by atoms with Gasteiger partial charge in [-0.2, -0.15) is 0 Å². The van der Waals surface area contributed by atoms with E-state index in [2.05, 4.69) is 28.5 Å². The molecule has 182 valence electrons. The van der Waals surface area contributed by atoms with Crippen LogP contribution >= 0.6 is 0 Å². The van der Waals surface area contributed by atoms with Crippen LogP contribution in [-0.2, 0) is 33.8 Å². The van der Waals surface area contributed by atoms with E-state index in [0.29, 0.717) is 38.9 Å². The van der Waals surface area contributed by atoms with Gasteiger partial charge in [0.05, 0.1) is 0 Å². The molecule has 0 spiro atoms. The molecule has 2 N–H and O–H groups in total. The van der Waals surface area contributed by atoms with Gasteiger partial charge in [0, 0.05) is 62.5 Å². The summed E-state index contributed by atoms with van der Waals surface area (Å²) >= 11 is 0. The van der Waals surface area contributed by atoms with E-state index in [9.17, 15) is 14.4 Å². The number of benzene rings is 2. The second-order valence-corrected chi connectivity index (χ2v) is 9.69. The number of amides is 3. The van der Waals surface area contributed by atoms with Gasteiger partial charge < -0.3 is 20.1 Å². The molecule has 7 nitrogen and oxygen atoms in total. The summed E-state index contributed by atoms with van der Waals surface area (Å²) in [4.78, 5) is 45.6. The highest BCUT2D eigenvalue weighted by Gasteiger charge is 2.34. The van der Waals surface area contributed by atoms with Crippen molar-refractivity contribution in [2.45, 2.75) is 45.2 Å². The SMILES string of the molecule is CC(=O)NC(Cc1c[nH]c2ccccc12)C(=O)N1CCC(C(=O)N2CCc3ccccc3C2)CC1. The maximum absolute atomic E-state index is 13.4. The number of fused-ring (bicyclic) bond motifs is 2. The highest BCUT2D eigenvalue weighted by atomic mass is 16.2. The summed E-state index contributed by atoms with van der Waals surface area (Å²) in [5.41, 5.74) is 4.57. The number of carbonyl (C=O) groups excluding carboxylic acids is 3. The van der Waals surface area contributed by atoms with Crippen LogP contribution in [-0.4, -0.2) is 58.2 Å². The molecule has 0 radical (unpaired) electrons. The Morgan fingerprint density at radius 1 is 0.971 bits per heavy atom. The molecular formula is C28H32N4O3. The van der Waals surface area contributed by atoms with Crippen molar-refractivity contribution in [1.82, 2.24) is 20.1 Å². The summed E-state index contributed by atoms with van der Waals surface area (Å²) in [5, 5.41) is 3.91. The van der Waals surface area contributed by atoms with Crippen molar-refractivity contribution in [2.24, 2.45) is 5.92 Å². The number of piperidine rings is 1. The molecule has 0 aliphatic carbocycles. The monoisotopic (exact) mass is 472 g/mol. The third kappa shape index (κ3) is 4.94. The van der Waals surface area contributed by atoms with E-state index in [4.69, 9.17) is 0 Å². The van der Waals surface area contributed by atoms with Crippen molar-refractivity contribution in [3.05, 3.63) is 71.4 Å². The lowest BCUT2D eigenvalue weighted by atomic mass is 9.92. The maximum atomic E-state index is 13.4. The summed E-state index contributed by atoms with van der Waals surface area (Å²) in [5.74, 6) is -0.164. The van der Waals surface area contributed by atoms with E-state index in [-0.39, 0.29) is 23.6 Å². The summed E-state index contributed by atoms with van der Waals surface area (Å²) in [7, 11) is 0. The first-order chi connectivity index (χ1) is 17.0. The van der Waals surface area contributed by atoms with Crippen LogP contribution in [0.3, 0.4) is 0 Å². The molecule has 1 fully saturated rings. The first kappa shape index (κ1) is 23.1. The lowest BCUT2D eigenvalue weighted by Crippen LogP contribution is -2.52. The van der Waals surface area contributed by atoms with Crippen LogP contribution in [0.1, 0.15) is 36.5 Å². The standard InChI is InChI=1S/C28H32N4O3/c1-19(33)30-26(16-23-17-29-25-9-5-4-8-24(23)25)28(35)31-13-11-21(12-14-31)27(34)32-15-10-20-6-2-3-7-22(20)18-32/h2-9,17,21,26,29H,10-16,18H2,1H3,(H,30,33). The summed E-state index contributed by atoms with van der Waals surface area (Å²) in [6.45, 7) is 3.93. The highest BCUT2D eigenvalue weighted by Crippen LogP contribution is 2.26. The van der Waals surface area contributed by atoms with Gasteiger partial charge in [0.1, 0.15) is 6.04 Å². The van der Waals surface area contributed by atoms with Crippen molar-refractivity contribution in [3.63, 3.8) is 0 Å². The van der Waals surface area contributed by atoms with Gasteiger partial charge in [0.25, 0.3) is 0 Å². The molecular weight excluding hydrogens is 440 g/mol. The van der Waals surface area contributed by atoms with Gasteiger partial charge in [-0.25, -0.2) is 0 Å². The maximum Gasteiger partial charge on any atom is 0.245 e. The molecule has 2 aliphatic heterocycles. The smallest absolute Gasteiger partial charge is 0.245 e. The Morgan fingerprint density at radius 2 is 1.69 bits per heavy atom. The third-order valence-corrected chi connectivity index (χ3v) is 7.37. The Morgan fingerprint density at radius 3 is 2.46 bits per heavy atom. The fourth-order valence-electron chi connectivity index (χ4n) is 5.48. The second-order valence-electron chi connectivity index (χ2n) is 9.69. The first-order valence-electron chi connectivity index (χ1n) is 12.5. The van der Waals surface area contributed by atoms with Crippen molar-refractivity contribution in [1.29, 1.82) is 0 Å². The normalized spacial score (nSPS) is 17.2. The molecule has 3 aromatic rings. The molecule has 2 aromatic carbocycles. The lowest BCUT2D eigenvalue weighted by Gasteiger charge is -2.37. The summed E-state index contributed by atoms with van der Waals surface area (Å²) in [6, 6.07) is 15.6. The predicted molar refractivity (Wildman–Crippen MR) is 134 cm³/mol. The van der Waals surface area contributed by atoms with Gasteiger partial charge in [-0.1, -0.05) is 42.5 Å². The Kier molecular flexibility index (Phi) is 6.57. The highest BCUT2D eigenvalue weighted by molar-refractivity contribution is 5.89. The van der Waals surface area contributed by atoms with E-state index in [1.54, 1.807) is 0 Å². The van der Waals surface area contributed by atoms with Crippen LogP contribution in [0.5, 0.6) is 0 Å². The minimum absolute atomic E-state index is 0.0582. The molecule has 7 heteroatoms. The Hall–Kier alpha value is -3.61. The van der Waals surface area contributed by atoms with Crippen molar-refractivity contribution >= 4 is 28.6 Å². The average Bonchev–Trinajstić information content (AvgIpc) is 3.30. The van der Waals surface area contributed by atoms with Crippen LogP contribution in [0.4, 0.5) is 0 Å². The zero-order valence-electron chi connectivity index (χ0n) is 20.1. The zero-order chi connectivity index (χ0) is 24.4. The molecule has 1 unspecified atom stereocenters. The Balaban J connectivity index is 1.21. The fraction of sp³-hybridized carbons (Fsp3) is 0.393. The van der Waals surface area contributed by atoms with E-state index < -0.39 is 6.04 Å². The molecule has 1 saturated heterocycles. The number of hydrogen-bond acceptors (Lipinski definition) is 3. The number of aromatic amines is 1. The van der Waals surface area contributed by atoms with Gasteiger partial charge in [0.2, 0.25) is 17.7 Å². The van der Waals surface area contributed by atoms with Crippen LogP contribution in [0.15, 0.2) is 54.7 Å². The number of hydrogen-bond donors (Lipinski definition) is 2. The molecule has 0 saturated carbocycles. The van der Waals surface area contributed by atoms with E-state index >= 15 is 0 Å². The fourth-order valence-corrected chi connectivity index (χ4v) is 5.48. The minimum Gasteiger partial charge on any atom is -0.361 e. The largest absolute Gasteiger partial charge is 0.361 e. The number of H-pyrrole nitrogens is 1.